The smallest absolute Gasteiger partial charge is 0.374 e. The van der Waals surface area contributed by atoms with Gasteiger partial charge in [-0.1, -0.05) is 6.58 Å². The Morgan fingerprint density at radius 1 is 1.77 bits per heavy atom. The van der Waals surface area contributed by atoms with E-state index in [1.807, 2.05) is 0 Å². The minimum atomic E-state index is -0.807. The van der Waals surface area contributed by atoms with E-state index in [0.717, 1.165) is 18.4 Å². The monoisotopic (exact) mass is 183 g/mol. The molecule has 0 aliphatic rings. The van der Waals surface area contributed by atoms with Gasteiger partial charge >= 0.3 is 17.6 Å². The topological polar surface area (TPSA) is 82.6 Å². The van der Waals surface area contributed by atoms with Crippen molar-refractivity contribution in [1.82, 2.24) is 0 Å². The lowest BCUT2D eigenvalue weighted by Gasteiger charge is -1.93. The Labute approximate surface area is 72.6 Å². The zero-order chi connectivity index (χ0) is 9.84. The summed E-state index contributed by atoms with van der Waals surface area (Å²) in [6, 6.07) is 1.09. The number of hydrogen-bond acceptors (Lipinski definition) is 5. The number of nitrogens with zero attached hydrogens (tertiary/aromatic N) is 1. The number of rotatable bonds is 3. The highest BCUT2D eigenvalue weighted by atomic mass is 16.6. The molecule has 0 aliphatic heterocycles. The zero-order valence-electron chi connectivity index (χ0n) is 6.43. The Hall–Kier alpha value is -2.11. The van der Waals surface area contributed by atoms with Gasteiger partial charge in [-0.3, -0.25) is 10.1 Å². The van der Waals surface area contributed by atoms with Crippen LogP contribution in [0.2, 0.25) is 0 Å². The van der Waals surface area contributed by atoms with E-state index in [1.54, 1.807) is 0 Å². The maximum Gasteiger partial charge on any atom is 0.374 e. The molecule has 0 aromatic carbocycles. The van der Waals surface area contributed by atoms with E-state index >= 15 is 0 Å². The van der Waals surface area contributed by atoms with Gasteiger partial charge in [-0.25, -0.2) is 4.79 Å². The molecule has 0 N–H and O–H groups in total. The van der Waals surface area contributed by atoms with E-state index in [-0.39, 0.29) is 0 Å². The Morgan fingerprint density at radius 3 is 3.00 bits per heavy atom. The molecule has 0 fully saturated rings. The van der Waals surface area contributed by atoms with E-state index < -0.39 is 22.5 Å². The zero-order valence-corrected chi connectivity index (χ0v) is 6.43. The van der Waals surface area contributed by atoms with Crippen LogP contribution in [0.5, 0.6) is 5.95 Å². The third-order valence-corrected chi connectivity index (χ3v) is 1.17. The summed E-state index contributed by atoms with van der Waals surface area (Å²) >= 11 is 0. The van der Waals surface area contributed by atoms with Crippen LogP contribution in [0.1, 0.15) is 0 Å². The lowest BCUT2D eigenvalue weighted by molar-refractivity contribution is -0.386. The Bertz CT molecular complexity index is 354. The third kappa shape index (κ3) is 1.92. The predicted molar refractivity (Wildman–Crippen MR) is 41.2 cm³/mol. The minimum Gasteiger partial charge on any atom is -0.429 e. The molecule has 0 saturated heterocycles. The van der Waals surface area contributed by atoms with Gasteiger partial charge in [0.05, 0.1) is 11.0 Å². The molecule has 1 heterocycles. The molecule has 13 heavy (non-hydrogen) atoms. The predicted octanol–water partition coefficient (Wildman–Crippen LogP) is 1.28. The summed E-state index contributed by atoms with van der Waals surface area (Å²) < 4.78 is 9.00. The third-order valence-electron chi connectivity index (χ3n) is 1.17. The maximum absolute atomic E-state index is 10.6. The molecule has 0 unspecified atom stereocenters. The standard InChI is InChI=1S/C7H5NO5/c1-2-6(9)13-7-5(8(10)11)3-4-12-7/h2-4H,1H2. The van der Waals surface area contributed by atoms with Crippen molar-refractivity contribution in [1.29, 1.82) is 0 Å². The summed E-state index contributed by atoms with van der Waals surface area (Å²) in [6.45, 7) is 3.13. The molecule has 68 valence electrons. The molecule has 1 aromatic rings. The summed E-state index contributed by atoms with van der Waals surface area (Å²) in [5, 5.41) is 10.3. The minimum absolute atomic E-state index is 0.393. The van der Waals surface area contributed by atoms with Crippen LogP contribution in [0.4, 0.5) is 5.69 Å². The first-order chi connectivity index (χ1) is 6.15. The molecule has 1 aromatic heterocycles. The van der Waals surface area contributed by atoms with Crippen molar-refractivity contribution < 1.29 is 18.9 Å². The first-order valence-electron chi connectivity index (χ1n) is 3.21. The largest absolute Gasteiger partial charge is 0.429 e. The highest BCUT2D eigenvalue weighted by Crippen LogP contribution is 2.27. The SMILES string of the molecule is C=CC(=O)Oc1occc1[N+](=O)[O-]. The number of nitro groups is 1. The van der Waals surface area contributed by atoms with Gasteiger partial charge in [-0.15, -0.1) is 0 Å². The van der Waals surface area contributed by atoms with Crippen LogP contribution in [-0.2, 0) is 4.79 Å². The van der Waals surface area contributed by atoms with Crippen LogP contribution in [-0.4, -0.2) is 10.9 Å². The van der Waals surface area contributed by atoms with Gasteiger partial charge in [0.1, 0.15) is 6.26 Å². The second-order valence-corrected chi connectivity index (χ2v) is 1.98. The molecular formula is C7H5NO5. The van der Waals surface area contributed by atoms with Gasteiger partial charge in [0, 0.05) is 6.08 Å². The van der Waals surface area contributed by atoms with Crippen LogP contribution in [0.25, 0.3) is 0 Å². The quantitative estimate of drug-likeness (QED) is 0.305. The molecule has 0 radical (unpaired) electrons. The van der Waals surface area contributed by atoms with E-state index in [4.69, 9.17) is 0 Å². The fourth-order valence-electron chi connectivity index (χ4n) is 0.633. The maximum atomic E-state index is 10.6. The van der Waals surface area contributed by atoms with Gasteiger partial charge in [0.15, 0.2) is 0 Å². The molecule has 6 heteroatoms. The fraction of sp³-hybridized carbons (Fsp3) is 0. The van der Waals surface area contributed by atoms with Crippen molar-refractivity contribution in [3.8, 4) is 5.95 Å². The highest BCUT2D eigenvalue weighted by molar-refractivity contribution is 5.83. The average Bonchev–Trinajstić information content (AvgIpc) is 2.52. The number of furan rings is 1. The molecule has 0 atom stereocenters. The average molecular weight is 183 g/mol. The molecule has 6 nitrogen and oxygen atoms in total. The first-order valence-corrected chi connectivity index (χ1v) is 3.21. The molecule has 0 bridgehead atoms. The van der Waals surface area contributed by atoms with Gasteiger partial charge < -0.3 is 9.15 Å². The van der Waals surface area contributed by atoms with E-state index in [1.165, 1.54) is 0 Å². The second kappa shape index (κ2) is 3.53. The lowest BCUT2D eigenvalue weighted by Crippen LogP contribution is -2.03. The van der Waals surface area contributed by atoms with E-state index in [0.29, 0.717) is 0 Å². The molecule has 0 aliphatic carbocycles. The molecule has 0 spiro atoms. The number of carbonyl (C=O) groups is 1. The summed E-state index contributed by atoms with van der Waals surface area (Å²) in [5.41, 5.74) is -0.393. The van der Waals surface area contributed by atoms with Crippen LogP contribution < -0.4 is 4.74 Å². The number of ether oxygens (including phenoxy) is 1. The second-order valence-electron chi connectivity index (χ2n) is 1.98. The van der Waals surface area contributed by atoms with Crippen molar-refractivity contribution in [2.24, 2.45) is 0 Å². The van der Waals surface area contributed by atoms with Crippen LogP contribution in [0.15, 0.2) is 29.4 Å². The molecule has 1 rings (SSSR count). The van der Waals surface area contributed by atoms with Crippen molar-refractivity contribution in [3.63, 3.8) is 0 Å². The van der Waals surface area contributed by atoms with Gasteiger partial charge in [0.25, 0.3) is 0 Å². The van der Waals surface area contributed by atoms with Crippen molar-refractivity contribution in [3.05, 3.63) is 35.1 Å². The van der Waals surface area contributed by atoms with E-state index in [9.17, 15) is 14.9 Å². The van der Waals surface area contributed by atoms with Crippen LogP contribution >= 0.6 is 0 Å². The highest BCUT2D eigenvalue weighted by Gasteiger charge is 2.20. The number of hydrogen-bond donors (Lipinski definition) is 0. The number of carbonyl (C=O) groups excluding carboxylic acids is 1. The normalized spacial score (nSPS) is 9.23. The van der Waals surface area contributed by atoms with Gasteiger partial charge in [-0.05, 0) is 0 Å². The Balaban J connectivity index is 2.88. The van der Waals surface area contributed by atoms with Gasteiger partial charge in [-0.2, -0.15) is 0 Å². The first kappa shape index (κ1) is 8.98. The van der Waals surface area contributed by atoms with E-state index in [2.05, 4.69) is 15.7 Å². The number of esters is 1. The molecule has 0 amide bonds. The van der Waals surface area contributed by atoms with Gasteiger partial charge in [0.2, 0.25) is 0 Å². The van der Waals surface area contributed by atoms with Crippen molar-refractivity contribution >= 4 is 11.7 Å². The van der Waals surface area contributed by atoms with Crippen LogP contribution in [0, 0.1) is 10.1 Å². The molecule has 0 saturated carbocycles. The van der Waals surface area contributed by atoms with Crippen molar-refractivity contribution in [2.45, 2.75) is 0 Å². The Kier molecular flexibility index (Phi) is 2.44. The lowest BCUT2D eigenvalue weighted by atomic mass is 10.5. The summed E-state index contributed by atoms with van der Waals surface area (Å²) in [5.74, 6) is -1.24. The Morgan fingerprint density at radius 2 is 2.46 bits per heavy atom. The summed E-state index contributed by atoms with van der Waals surface area (Å²) in [7, 11) is 0. The fourth-order valence-corrected chi connectivity index (χ4v) is 0.633. The summed E-state index contributed by atoms with van der Waals surface area (Å²) in [4.78, 5) is 20.2. The van der Waals surface area contributed by atoms with Crippen LogP contribution in [0.3, 0.4) is 0 Å². The summed E-state index contributed by atoms with van der Waals surface area (Å²) in [6.07, 6.45) is 1.94. The molecular weight excluding hydrogens is 178 g/mol. The van der Waals surface area contributed by atoms with Crippen molar-refractivity contribution in [2.75, 3.05) is 0 Å².